The number of H-pyrrole nitrogens is 1. The number of nitrogens with one attached hydrogen (secondary N) is 3. The number of rotatable bonds is 7. The van der Waals surface area contributed by atoms with Gasteiger partial charge in [0, 0.05) is 48.4 Å². The third-order valence-corrected chi connectivity index (χ3v) is 3.76. The van der Waals surface area contributed by atoms with Gasteiger partial charge in [0.05, 0.1) is 6.61 Å². The summed E-state index contributed by atoms with van der Waals surface area (Å²) in [5.74, 6) is 0.815. The summed E-state index contributed by atoms with van der Waals surface area (Å²) in [5, 5.41) is 8.50. The quantitative estimate of drug-likeness (QED) is 0.333. The lowest BCUT2D eigenvalue weighted by molar-refractivity contribution is 0.179. The molecule has 5 nitrogen and oxygen atoms in total. The smallest absolute Gasteiger partial charge is 0.191 e. The molecule has 0 saturated heterocycles. The number of hydrogen-bond donors (Lipinski definition) is 3. The summed E-state index contributed by atoms with van der Waals surface area (Å²) in [4.78, 5) is 7.90. The van der Waals surface area contributed by atoms with Gasteiger partial charge in [-0.3, -0.25) is 4.99 Å². The second kappa shape index (κ2) is 10.8. The average molecular weight is 465 g/mol. The molecule has 1 heterocycles. The number of halogens is 2. The molecule has 1 atom stereocenters. The number of hydrogen-bond acceptors (Lipinski definition) is 2. The van der Waals surface area contributed by atoms with E-state index in [1.165, 1.54) is 10.9 Å². The second-order valence-corrected chi connectivity index (χ2v) is 5.95. The Balaban J connectivity index is 0.00000288. The Labute approximate surface area is 165 Å². The highest BCUT2D eigenvalue weighted by atomic mass is 127. The molecule has 0 bridgehead atoms. The van der Waals surface area contributed by atoms with Crippen molar-refractivity contribution in [1.82, 2.24) is 15.6 Å². The standard InChI is InChI=1S/C17H25ClN4O.HI/c1-4-19-17(22-12(2)11-23-3)20-8-7-13-10-21-16-6-5-14(18)9-15(13)16;/h5-6,9-10,12,21H,4,7-8,11H2,1-3H3,(H2,19,20,22);1H. The largest absolute Gasteiger partial charge is 0.383 e. The van der Waals surface area contributed by atoms with Gasteiger partial charge < -0.3 is 20.4 Å². The number of nitrogens with zero attached hydrogens (tertiary/aromatic N) is 1. The number of ether oxygens (including phenoxy) is 1. The van der Waals surface area contributed by atoms with Gasteiger partial charge in [-0.2, -0.15) is 0 Å². The maximum absolute atomic E-state index is 6.09. The predicted molar refractivity (Wildman–Crippen MR) is 113 cm³/mol. The summed E-state index contributed by atoms with van der Waals surface area (Å²) >= 11 is 6.09. The zero-order chi connectivity index (χ0) is 16.7. The molecule has 134 valence electrons. The number of fused-ring (bicyclic) bond motifs is 1. The van der Waals surface area contributed by atoms with Gasteiger partial charge >= 0.3 is 0 Å². The van der Waals surface area contributed by atoms with Gasteiger partial charge in [0.15, 0.2) is 5.96 Å². The highest BCUT2D eigenvalue weighted by molar-refractivity contribution is 14.0. The van der Waals surface area contributed by atoms with Crippen molar-refractivity contribution in [3.8, 4) is 0 Å². The van der Waals surface area contributed by atoms with Gasteiger partial charge in [0.2, 0.25) is 0 Å². The Morgan fingerprint density at radius 3 is 2.92 bits per heavy atom. The number of aliphatic imine (C=N–C) groups is 1. The Bertz CT molecular complexity index is 659. The van der Waals surface area contributed by atoms with Gasteiger partial charge in [0.25, 0.3) is 0 Å². The Morgan fingerprint density at radius 1 is 1.42 bits per heavy atom. The van der Waals surface area contributed by atoms with Crippen molar-refractivity contribution < 1.29 is 4.74 Å². The lowest BCUT2D eigenvalue weighted by atomic mass is 10.1. The van der Waals surface area contributed by atoms with Crippen LogP contribution in [0.4, 0.5) is 0 Å². The van der Waals surface area contributed by atoms with Crippen LogP contribution in [-0.4, -0.2) is 43.8 Å². The average Bonchev–Trinajstić information content (AvgIpc) is 2.90. The number of aromatic nitrogens is 1. The third kappa shape index (κ3) is 6.14. The normalized spacial score (nSPS) is 12.8. The van der Waals surface area contributed by atoms with Crippen LogP contribution in [0.3, 0.4) is 0 Å². The van der Waals surface area contributed by atoms with Crippen LogP contribution in [0.2, 0.25) is 5.02 Å². The van der Waals surface area contributed by atoms with Crippen LogP contribution < -0.4 is 10.6 Å². The van der Waals surface area contributed by atoms with E-state index in [1.807, 2.05) is 24.4 Å². The second-order valence-electron chi connectivity index (χ2n) is 5.52. The van der Waals surface area contributed by atoms with Crippen molar-refractivity contribution in [2.75, 3.05) is 26.8 Å². The minimum atomic E-state index is 0. The van der Waals surface area contributed by atoms with E-state index in [-0.39, 0.29) is 30.0 Å². The first kappa shape index (κ1) is 21.1. The molecular weight excluding hydrogens is 439 g/mol. The van der Waals surface area contributed by atoms with Crippen molar-refractivity contribution in [1.29, 1.82) is 0 Å². The van der Waals surface area contributed by atoms with Crippen LogP contribution in [0.25, 0.3) is 10.9 Å². The molecule has 0 aliphatic carbocycles. The van der Waals surface area contributed by atoms with E-state index in [0.29, 0.717) is 13.2 Å². The van der Waals surface area contributed by atoms with Crippen LogP contribution >= 0.6 is 35.6 Å². The molecule has 0 saturated carbocycles. The number of methoxy groups -OCH3 is 1. The van der Waals surface area contributed by atoms with Gasteiger partial charge in [-0.05, 0) is 44.0 Å². The lowest BCUT2D eigenvalue weighted by Gasteiger charge is -2.16. The van der Waals surface area contributed by atoms with Crippen LogP contribution in [0.1, 0.15) is 19.4 Å². The summed E-state index contributed by atoms with van der Waals surface area (Å²) in [6.45, 7) is 6.30. The number of aromatic amines is 1. The monoisotopic (exact) mass is 464 g/mol. The van der Waals surface area contributed by atoms with Crippen LogP contribution in [0.5, 0.6) is 0 Å². The minimum absolute atomic E-state index is 0. The Kier molecular flexibility index (Phi) is 9.46. The van der Waals surface area contributed by atoms with Crippen molar-refractivity contribution in [2.45, 2.75) is 26.3 Å². The molecule has 0 amide bonds. The van der Waals surface area contributed by atoms with Crippen LogP contribution in [-0.2, 0) is 11.2 Å². The first-order chi connectivity index (χ1) is 11.1. The van der Waals surface area contributed by atoms with Gasteiger partial charge in [-0.25, -0.2) is 0 Å². The molecule has 3 N–H and O–H groups in total. The number of guanidine groups is 1. The third-order valence-electron chi connectivity index (χ3n) is 3.52. The molecule has 24 heavy (non-hydrogen) atoms. The summed E-state index contributed by atoms with van der Waals surface area (Å²) in [5.41, 5.74) is 2.33. The predicted octanol–water partition coefficient (Wildman–Crippen LogP) is 3.57. The highest BCUT2D eigenvalue weighted by Crippen LogP contribution is 2.22. The molecule has 2 aromatic rings. The first-order valence-corrected chi connectivity index (χ1v) is 8.31. The molecule has 0 aliphatic rings. The van der Waals surface area contributed by atoms with E-state index >= 15 is 0 Å². The summed E-state index contributed by atoms with van der Waals surface area (Å²) in [6, 6.07) is 6.11. The van der Waals surface area contributed by atoms with Gasteiger partial charge in [-0.15, -0.1) is 24.0 Å². The fourth-order valence-electron chi connectivity index (χ4n) is 2.49. The van der Waals surface area contributed by atoms with Crippen molar-refractivity contribution in [2.24, 2.45) is 4.99 Å². The maximum atomic E-state index is 6.09. The molecule has 0 spiro atoms. The summed E-state index contributed by atoms with van der Waals surface area (Å²) in [6.07, 6.45) is 2.89. The van der Waals surface area contributed by atoms with Crippen LogP contribution in [0, 0.1) is 0 Å². The van der Waals surface area contributed by atoms with Gasteiger partial charge in [0.1, 0.15) is 0 Å². The first-order valence-electron chi connectivity index (χ1n) is 7.93. The van der Waals surface area contributed by atoms with E-state index in [9.17, 15) is 0 Å². The van der Waals surface area contributed by atoms with E-state index in [4.69, 9.17) is 16.3 Å². The zero-order valence-corrected chi connectivity index (χ0v) is 17.4. The molecule has 1 unspecified atom stereocenters. The number of benzene rings is 1. The maximum Gasteiger partial charge on any atom is 0.191 e. The topological polar surface area (TPSA) is 61.4 Å². The lowest BCUT2D eigenvalue weighted by Crippen LogP contribution is -2.44. The molecule has 0 radical (unpaired) electrons. The fraction of sp³-hybridized carbons (Fsp3) is 0.471. The highest BCUT2D eigenvalue weighted by Gasteiger charge is 2.06. The Hall–Kier alpha value is -0.990. The van der Waals surface area contributed by atoms with E-state index in [2.05, 4.69) is 34.5 Å². The minimum Gasteiger partial charge on any atom is -0.383 e. The van der Waals surface area contributed by atoms with E-state index in [0.717, 1.165) is 29.5 Å². The van der Waals surface area contributed by atoms with Crippen LogP contribution in [0.15, 0.2) is 29.4 Å². The van der Waals surface area contributed by atoms with Crippen molar-refractivity contribution in [3.05, 3.63) is 35.0 Å². The SMILES string of the molecule is CCNC(=NCCc1c[nH]c2ccc(Cl)cc12)NC(C)COC.I. The summed E-state index contributed by atoms with van der Waals surface area (Å²) in [7, 11) is 1.70. The van der Waals surface area contributed by atoms with Crippen molar-refractivity contribution in [3.63, 3.8) is 0 Å². The molecule has 0 aliphatic heterocycles. The Morgan fingerprint density at radius 2 is 2.21 bits per heavy atom. The summed E-state index contributed by atoms with van der Waals surface area (Å²) < 4.78 is 5.14. The van der Waals surface area contributed by atoms with E-state index < -0.39 is 0 Å². The molecule has 2 rings (SSSR count). The van der Waals surface area contributed by atoms with Gasteiger partial charge in [-0.1, -0.05) is 11.6 Å². The molecule has 7 heteroatoms. The van der Waals surface area contributed by atoms with E-state index in [1.54, 1.807) is 7.11 Å². The zero-order valence-electron chi connectivity index (χ0n) is 14.4. The van der Waals surface area contributed by atoms with Crippen molar-refractivity contribution >= 4 is 52.4 Å². The molecule has 0 fully saturated rings. The molecule has 1 aromatic carbocycles. The fourth-order valence-corrected chi connectivity index (χ4v) is 2.66. The molecular formula is C17H26ClIN4O. The molecule has 1 aromatic heterocycles.